The third kappa shape index (κ3) is 0.891. The van der Waals surface area contributed by atoms with Gasteiger partial charge in [0, 0.05) is 0 Å². The van der Waals surface area contributed by atoms with E-state index in [1.54, 1.807) is 0 Å². The van der Waals surface area contributed by atoms with Gasteiger partial charge in [0.2, 0.25) is 0 Å². The summed E-state index contributed by atoms with van der Waals surface area (Å²) in [5.74, 6) is 2.17. The minimum Gasteiger partial charge on any atom is -0.366 e. The lowest BCUT2D eigenvalue weighted by Gasteiger charge is -1.91. The van der Waals surface area contributed by atoms with E-state index in [4.69, 9.17) is 0 Å². The summed E-state index contributed by atoms with van der Waals surface area (Å²) in [6.45, 7) is 0.900. The molecule has 2 rings (SSSR count). The Morgan fingerprint density at radius 1 is 1.44 bits per heavy atom. The lowest BCUT2D eigenvalue weighted by molar-refractivity contribution is 1.31. The number of rotatable bonds is 0. The summed E-state index contributed by atoms with van der Waals surface area (Å²) in [4.78, 5) is 0. The van der Waals surface area contributed by atoms with Crippen molar-refractivity contribution in [1.29, 1.82) is 0 Å². The molecule has 0 radical (unpaired) electrons. The van der Waals surface area contributed by atoms with Gasteiger partial charge in [0.15, 0.2) is 0 Å². The highest BCUT2D eigenvalue weighted by molar-refractivity contribution is 7.91. The second-order valence-electron chi connectivity index (χ2n) is 1.82. The molecule has 2 nitrogen and oxygen atoms in total. The monoisotopic (exact) mass is 156 g/mol. The van der Waals surface area contributed by atoms with Crippen LogP contribution >= 0.6 is 15.7 Å². The Kier molecular flexibility index (Phi) is 1.29. The average Bonchev–Trinajstić information content (AvgIpc) is 2.33. The zero-order valence-corrected chi connectivity index (χ0v) is 6.55. The van der Waals surface area contributed by atoms with Crippen LogP contribution in [-0.4, -0.2) is 6.67 Å². The predicted octanol–water partition coefficient (Wildman–Crippen LogP) is 2.64. The van der Waals surface area contributed by atoms with Crippen LogP contribution in [0.2, 0.25) is 0 Å². The van der Waals surface area contributed by atoms with Crippen molar-refractivity contribution in [3.8, 4) is 0 Å². The second-order valence-corrected chi connectivity index (χ2v) is 4.29. The summed E-state index contributed by atoms with van der Waals surface area (Å²) in [6, 6.07) is 2.13. The summed E-state index contributed by atoms with van der Waals surface area (Å²) in [5.41, 5.74) is 2.62. The van der Waals surface area contributed by atoms with Gasteiger partial charge in [0.1, 0.15) is 0 Å². The van der Waals surface area contributed by atoms with E-state index in [0.29, 0.717) is 0 Å². The van der Waals surface area contributed by atoms with Gasteiger partial charge in [-0.25, -0.2) is 0 Å². The molecule has 1 aliphatic rings. The Morgan fingerprint density at radius 2 is 2.44 bits per heavy atom. The predicted molar refractivity (Wildman–Crippen MR) is 43.6 cm³/mol. The molecule has 0 saturated carbocycles. The highest BCUT2D eigenvalue weighted by Crippen LogP contribution is 2.38. The van der Waals surface area contributed by atoms with Crippen molar-refractivity contribution in [2.75, 3.05) is 17.3 Å². The van der Waals surface area contributed by atoms with Crippen LogP contribution in [0.3, 0.4) is 0 Å². The molecule has 0 aromatic carbocycles. The maximum absolute atomic E-state index is 3.26. The Balaban J connectivity index is 2.54. The van der Waals surface area contributed by atoms with Crippen LogP contribution in [0.5, 0.6) is 0 Å². The Hall–Kier alpha value is -0.320. The van der Waals surface area contributed by atoms with Gasteiger partial charge < -0.3 is 10.6 Å². The SMILES string of the molecule is c1cc2c(pp1)NCN2. The van der Waals surface area contributed by atoms with Crippen molar-refractivity contribution in [3.05, 3.63) is 11.9 Å². The Bertz CT molecular complexity index is 203. The highest BCUT2D eigenvalue weighted by Gasteiger charge is 2.05. The van der Waals surface area contributed by atoms with Crippen molar-refractivity contribution in [1.82, 2.24) is 0 Å². The largest absolute Gasteiger partial charge is 0.366 e. The minimum atomic E-state index is 0.900. The molecule has 46 valence electrons. The van der Waals surface area contributed by atoms with E-state index in [9.17, 15) is 0 Å². The van der Waals surface area contributed by atoms with Gasteiger partial charge in [-0.1, -0.05) is 0 Å². The molecule has 2 N–H and O–H groups in total. The highest BCUT2D eigenvalue weighted by atomic mass is 31.8. The van der Waals surface area contributed by atoms with Crippen LogP contribution in [0, 0.1) is 0 Å². The van der Waals surface area contributed by atoms with Crippen molar-refractivity contribution < 1.29 is 0 Å². The van der Waals surface area contributed by atoms with Crippen molar-refractivity contribution in [3.63, 3.8) is 0 Å². The first-order chi connectivity index (χ1) is 4.47. The van der Waals surface area contributed by atoms with Crippen LogP contribution in [0.25, 0.3) is 0 Å². The van der Waals surface area contributed by atoms with Gasteiger partial charge in [-0.05, 0) is 27.6 Å². The topological polar surface area (TPSA) is 24.1 Å². The molecule has 0 unspecified atom stereocenters. The molecule has 1 aliphatic heterocycles. The summed E-state index contributed by atoms with van der Waals surface area (Å²) in [7, 11) is 2.75. The number of hydrogen-bond donors (Lipinski definition) is 2. The van der Waals surface area contributed by atoms with E-state index in [-0.39, 0.29) is 0 Å². The van der Waals surface area contributed by atoms with E-state index >= 15 is 0 Å². The van der Waals surface area contributed by atoms with Crippen LogP contribution in [0.15, 0.2) is 11.9 Å². The molecule has 2 heterocycles. The summed E-state index contributed by atoms with van der Waals surface area (Å²) in [5, 5.41) is 6.49. The van der Waals surface area contributed by atoms with Gasteiger partial charge in [0.05, 0.1) is 17.8 Å². The van der Waals surface area contributed by atoms with Crippen LogP contribution < -0.4 is 10.6 Å². The van der Waals surface area contributed by atoms with E-state index in [0.717, 1.165) is 6.67 Å². The quantitative estimate of drug-likeness (QED) is 0.603. The van der Waals surface area contributed by atoms with E-state index in [1.165, 1.54) is 26.8 Å². The summed E-state index contributed by atoms with van der Waals surface area (Å²) < 4.78 is 0. The third-order valence-electron chi connectivity index (χ3n) is 1.26. The summed E-state index contributed by atoms with van der Waals surface area (Å²) >= 11 is 0. The number of hydrogen-bond acceptors (Lipinski definition) is 2. The fourth-order valence-electron chi connectivity index (χ4n) is 0.828. The first-order valence-corrected chi connectivity index (χ1v) is 5.32. The first-order valence-electron chi connectivity index (χ1n) is 2.76. The average molecular weight is 156 g/mol. The Labute approximate surface area is 56.8 Å². The minimum absolute atomic E-state index is 0.900. The second kappa shape index (κ2) is 2.13. The molecule has 0 bridgehead atoms. The first kappa shape index (κ1) is 5.46. The van der Waals surface area contributed by atoms with Crippen molar-refractivity contribution >= 4 is 26.8 Å². The van der Waals surface area contributed by atoms with Crippen LogP contribution in [0.4, 0.5) is 11.1 Å². The molecule has 0 spiro atoms. The van der Waals surface area contributed by atoms with Gasteiger partial charge in [-0.2, -0.15) is 0 Å². The molecule has 1 aromatic heterocycles. The zero-order chi connectivity index (χ0) is 6.10. The standard InChI is InChI=1S/C5H6N2P2/c1-2-8-9-5-4(1)6-3-7-5/h1-2,6-7H,3H2. The Morgan fingerprint density at radius 3 is 3.33 bits per heavy atom. The number of anilines is 2. The van der Waals surface area contributed by atoms with E-state index < -0.39 is 0 Å². The molecule has 4 heteroatoms. The fraction of sp³-hybridized carbons (Fsp3) is 0.200. The smallest absolute Gasteiger partial charge is 0.0912 e. The lowest BCUT2D eigenvalue weighted by Crippen LogP contribution is -1.98. The maximum Gasteiger partial charge on any atom is 0.0912 e. The van der Waals surface area contributed by atoms with Gasteiger partial charge >= 0.3 is 0 Å². The molecule has 1 aromatic rings. The van der Waals surface area contributed by atoms with Gasteiger partial charge in [0.25, 0.3) is 0 Å². The fourth-order valence-corrected chi connectivity index (χ4v) is 2.92. The molecule has 0 atom stereocenters. The molecular formula is C5H6N2P2. The van der Waals surface area contributed by atoms with Gasteiger partial charge in [-0.3, -0.25) is 0 Å². The lowest BCUT2D eigenvalue weighted by atomic mass is 10.5. The van der Waals surface area contributed by atoms with E-state index in [1.807, 2.05) is 0 Å². The zero-order valence-electron chi connectivity index (χ0n) is 4.76. The molecule has 0 amide bonds. The normalized spacial score (nSPS) is 15.6. The van der Waals surface area contributed by atoms with Crippen LogP contribution in [0.1, 0.15) is 0 Å². The molecule has 0 fully saturated rings. The maximum atomic E-state index is 3.26. The molecule has 0 aliphatic carbocycles. The van der Waals surface area contributed by atoms with E-state index in [2.05, 4.69) is 22.5 Å². The van der Waals surface area contributed by atoms with Crippen molar-refractivity contribution in [2.24, 2.45) is 0 Å². The molecule has 0 saturated heterocycles. The van der Waals surface area contributed by atoms with Gasteiger partial charge in [-0.15, -0.1) is 0 Å². The van der Waals surface area contributed by atoms with Crippen molar-refractivity contribution in [2.45, 2.75) is 0 Å². The van der Waals surface area contributed by atoms with Crippen LogP contribution in [-0.2, 0) is 0 Å². The third-order valence-corrected chi connectivity index (χ3v) is 3.60. The molecule has 9 heavy (non-hydrogen) atoms. The summed E-state index contributed by atoms with van der Waals surface area (Å²) in [6.07, 6.45) is 0. The number of fused-ring (bicyclic) bond motifs is 1. The molecular weight excluding hydrogens is 150 g/mol. The number of nitrogens with one attached hydrogen (secondary N) is 2.